The van der Waals surface area contributed by atoms with Gasteiger partial charge in [-0.3, -0.25) is 5.41 Å². The van der Waals surface area contributed by atoms with Crippen molar-refractivity contribution < 1.29 is 10.0 Å². The Labute approximate surface area is 64.2 Å². The van der Waals surface area contributed by atoms with Crippen LogP contribution in [0.25, 0.3) is 0 Å². The largest absolute Gasteiger partial charge is 0.490 e. The summed E-state index contributed by atoms with van der Waals surface area (Å²) in [7, 11) is -1.54. The molecule has 1 heterocycles. The predicted octanol–water partition coefficient (Wildman–Crippen LogP) is -0.457. The number of nitrogens with zero attached hydrogens (tertiary/aromatic N) is 1. The Morgan fingerprint density at radius 3 is 2.64 bits per heavy atom. The van der Waals surface area contributed by atoms with Gasteiger partial charge in [0, 0.05) is 17.3 Å². The molecule has 0 spiro atoms. The third-order valence-corrected chi connectivity index (χ3v) is 1.29. The van der Waals surface area contributed by atoms with E-state index in [1.807, 2.05) is 0 Å². The van der Waals surface area contributed by atoms with E-state index in [4.69, 9.17) is 15.5 Å². The highest BCUT2D eigenvalue weighted by molar-refractivity contribution is 6.57. The van der Waals surface area contributed by atoms with Crippen molar-refractivity contribution in [2.24, 2.45) is 4.99 Å². The quantitative estimate of drug-likeness (QED) is 0.442. The highest BCUT2D eigenvalue weighted by Crippen LogP contribution is 2.07. The topological polar surface area (TPSA) is 76.7 Å². The molecule has 4 nitrogen and oxygen atoms in total. The Morgan fingerprint density at radius 2 is 2.18 bits per heavy atom. The molecule has 0 saturated heterocycles. The van der Waals surface area contributed by atoms with Crippen molar-refractivity contribution in [3.05, 3.63) is 23.7 Å². The molecule has 0 aromatic rings. The minimum Gasteiger partial charge on any atom is -0.423 e. The maximum Gasteiger partial charge on any atom is 0.490 e. The SMILES string of the molecule is C=C1C=C(B(O)O)C=NC1=N. The first-order chi connectivity index (χ1) is 5.11. The summed E-state index contributed by atoms with van der Waals surface area (Å²) in [6.07, 6.45) is 2.65. The number of hydrogen-bond donors (Lipinski definition) is 3. The zero-order valence-corrected chi connectivity index (χ0v) is 5.78. The number of dihydropyridines is 1. The lowest BCUT2D eigenvalue weighted by atomic mass is 9.78. The minimum absolute atomic E-state index is 0.0504. The summed E-state index contributed by atoms with van der Waals surface area (Å²) in [6.45, 7) is 3.49. The summed E-state index contributed by atoms with van der Waals surface area (Å²) in [5.41, 5.74) is 0.640. The van der Waals surface area contributed by atoms with Gasteiger partial charge in [0.05, 0.1) is 0 Å². The Hall–Kier alpha value is -1.20. The zero-order valence-electron chi connectivity index (χ0n) is 5.78. The first kappa shape index (κ1) is 7.91. The molecule has 11 heavy (non-hydrogen) atoms. The van der Waals surface area contributed by atoms with Gasteiger partial charge in [-0.15, -0.1) is 0 Å². The Kier molecular flexibility index (Phi) is 2.02. The molecule has 1 rings (SSSR count). The molecule has 3 N–H and O–H groups in total. The Morgan fingerprint density at radius 1 is 1.55 bits per heavy atom. The second kappa shape index (κ2) is 2.81. The third-order valence-electron chi connectivity index (χ3n) is 1.29. The molecular weight excluding hydrogens is 143 g/mol. The molecule has 0 bridgehead atoms. The highest BCUT2D eigenvalue weighted by Gasteiger charge is 2.16. The first-order valence-electron chi connectivity index (χ1n) is 3.01. The fourth-order valence-corrected chi connectivity index (χ4v) is 0.670. The van der Waals surface area contributed by atoms with Crippen molar-refractivity contribution in [2.45, 2.75) is 0 Å². The maximum absolute atomic E-state index is 8.67. The molecule has 0 aromatic carbocycles. The molecule has 0 radical (unpaired) electrons. The zero-order chi connectivity index (χ0) is 8.43. The fraction of sp³-hybridized carbons (Fsp3) is 0. The van der Waals surface area contributed by atoms with Gasteiger partial charge in [-0.2, -0.15) is 0 Å². The van der Waals surface area contributed by atoms with E-state index in [2.05, 4.69) is 11.6 Å². The Bertz CT molecular complexity index is 268. The standard InChI is InChI=1S/C6H7BN2O2/c1-4-2-5(7(10)11)3-9-6(4)8/h2-3,8,10-11H,1H2. The molecule has 0 saturated carbocycles. The van der Waals surface area contributed by atoms with Crippen LogP contribution in [0, 0.1) is 5.41 Å². The van der Waals surface area contributed by atoms with E-state index in [0.717, 1.165) is 0 Å². The van der Waals surface area contributed by atoms with Crippen molar-refractivity contribution in [3.8, 4) is 0 Å². The predicted molar refractivity (Wildman–Crippen MR) is 43.6 cm³/mol. The van der Waals surface area contributed by atoms with Crippen LogP contribution < -0.4 is 0 Å². The third kappa shape index (κ3) is 1.63. The van der Waals surface area contributed by atoms with Crippen LogP contribution in [0.2, 0.25) is 0 Å². The summed E-state index contributed by atoms with van der Waals surface area (Å²) in [5.74, 6) is 0.0504. The van der Waals surface area contributed by atoms with E-state index in [9.17, 15) is 0 Å². The maximum atomic E-state index is 8.67. The van der Waals surface area contributed by atoms with Crippen molar-refractivity contribution in [1.29, 1.82) is 5.41 Å². The van der Waals surface area contributed by atoms with Crippen molar-refractivity contribution in [3.63, 3.8) is 0 Å². The molecule has 1 aliphatic rings. The van der Waals surface area contributed by atoms with Crippen LogP contribution in [0.4, 0.5) is 0 Å². The molecule has 0 amide bonds. The summed E-state index contributed by atoms with van der Waals surface area (Å²) in [4.78, 5) is 3.58. The van der Waals surface area contributed by atoms with Gasteiger partial charge >= 0.3 is 7.12 Å². The number of nitrogens with one attached hydrogen (secondary N) is 1. The average Bonchev–Trinajstić information content (AvgIpc) is 1.94. The van der Waals surface area contributed by atoms with Gasteiger partial charge < -0.3 is 10.0 Å². The van der Waals surface area contributed by atoms with Crippen LogP contribution in [-0.4, -0.2) is 29.2 Å². The average molecular weight is 150 g/mol. The summed E-state index contributed by atoms with van der Waals surface area (Å²) in [6, 6.07) is 0. The lowest BCUT2D eigenvalue weighted by Crippen LogP contribution is -2.19. The van der Waals surface area contributed by atoms with Crippen LogP contribution in [0.3, 0.4) is 0 Å². The van der Waals surface area contributed by atoms with E-state index < -0.39 is 7.12 Å². The molecule has 0 unspecified atom stereocenters. The van der Waals surface area contributed by atoms with E-state index in [-0.39, 0.29) is 11.3 Å². The van der Waals surface area contributed by atoms with Crippen LogP contribution in [-0.2, 0) is 0 Å². The summed E-state index contributed by atoms with van der Waals surface area (Å²) < 4.78 is 0. The van der Waals surface area contributed by atoms with Crippen molar-refractivity contribution in [2.75, 3.05) is 0 Å². The monoisotopic (exact) mass is 150 g/mol. The van der Waals surface area contributed by atoms with Gasteiger partial charge in [0.1, 0.15) is 0 Å². The van der Waals surface area contributed by atoms with Gasteiger partial charge in [0.15, 0.2) is 5.84 Å². The molecule has 0 aliphatic carbocycles. The van der Waals surface area contributed by atoms with Gasteiger partial charge in [0.2, 0.25) is 0 Å². The number of hydrogen-bond acceptors (Lipinski definition) is 3. The number of allylic oxidation sites excluding steroid dienone is 1. The minimum atomic E-state index is -1.54. The fourth-order valence-electron chi connectivity index (χ4n) is 0.670. The van der Waals surface area contributed by atoms with Crippen molar-refractivity contribution in [1.82, 2.24) is 0 Å². The van der Waals surface area contributed by atoms with Gasteiger partial charge in [-0.1, -0.05) is 12.7 Å². The highest BCUT2D eigenvalue weighted by atomic mass is 16.4. The lowest BCUT2D eigenvalue weighted by molar-refractivity contribution is 0.422. The van der Waals surface area contributed by atoms with Gasteiger partial charge in [0.25, 0.3) is 0 Å². The Balaban J connectivity index is 2.89. The molecule has 1 aliphatic heterocycles. The smallest absolute Gasteiger partial charge is 0.423 e. The number of aliphatic imine (C=N–C) groups is 1. The van der Waals surface area contributed by atoms with E-state index in [1.54, 1.807) is 0 Å². The van der Waals surface area contributed by atoms with Gasteiger partial charge in [-0.05, 0) is 0 Å². The summed E-state index contributed by atoms with van der Waals surface area (Å²) >= 11 is 0. The van der Waals surface area contributed by atoms with Crippen LogP contribution in [0.1, 0.15) is 0 Å². The number of amidine groups is 1. The van der Waals surface area contributed by atoms with Gasteiger partial charge in [-0.25, -0.2) is 4.99 Å². The summed E-state index contributed by atoms with van der Waals surface area (Å²) in [5, 5.41) is 24.5. The molecule has 0 fully saturated rings. The lowest BCUT2D eigenvalue weighted by Gasteiger charge is -2.06. The van der Waals surface area contributed by atoms with Crippen LogP contribution in [0.15, 0.2) is 28.7 Å². The first-order valence-corrected chi connectivity index (χ1v) is 3.01. The molecule has 0 atom stereocenters. The second-order valence-electron chi connectivity index (χ2n) is 2.15. The van der Waals surface area contributed by atoms with E-state index in [1.165, 1.54) is 12.3 Å². The van der Waals surface area contributed by atoms with Crippen LogP contribution >= 0.6 is 0 Å². The second-order valence-corrected chi connectivity index (χ2v) is 2.15. The normalized spacial score (nSPS) is 16.7. The number of rotatable bonds is 1. The molecular formula is C6H7BN2O2. The molecule has 0 aromatic heterocycles. The van der Waals surface area contributed by atoms with E-state index >= 15 is 0 Å². The molecule has 56 valence electrons. The van der Waals surface area contributed by atoms with Crippen LogP contribution in [0.5, 0.6) is 0 Å². The van der Waals surface area contributed by atoms with E-state index in [0.29, 0.717) is 5.57 Å². The van der Waals surface area contributed by atoms with Crippen molar-refractivity contribution >= 4 is 19.2 Å². The molecule has 5 heteroatoms.